The second-order valence-electron chi connectivity index (χ2n) is 5.93. The van der Waals surface area contributed by atoms with Crippen molar-refractivity contribution >= 4 is 23.2 Å². The van der Waals surface area contributed by atoms with E-state index in [2.05, 4.69) is 20.5 Å². The topological polar surface area (TPSA) is 106 Å². The normalized spacial score (nSPS) is 10.9. The Labute approximate surface area is 161 Å². The van der Waals surface area contributed by atoms with Crippen molar-refractivity contribution in [3.63, 3.8) is 0 Å². The summed E-state index contributed by atoms with van der Waals surface area (Å²) in [6.45, 7) is 0. The van der Waals surface area contributed by atoms with Gasteiger partial charge in [-0.05, 0) is 24.3 Å². The number of para-hydroxylation sites is 2. The molecule has 0 atom stereocenters. The van der Waals surface area contributed by atoms with Gasteiger partial charge in [0.2, 0.25) is 5.91 Å². The zero-order valence-electron chi connectivity index (χ0n) is 15.6. The lowest BCUT2D eigenvalue weighted by atomic mass is 10.2. The quantitative estimate of drug-likeness (QED) is 0.482. The van der Waals surface area contributed by atoms with Gasteiger partial charge in [-0.3, -0.25) is 9.59 Å². The summed E-state index contributed by atoms with van der Waals surface area (Å²) in [6, 6.07) is 12.5. The summed E-state index contributed by atoms with van der Waals surface area (Å²) in [5, 5.41) is 3.94. The summed E-state index contributed by atoms with van der Waals surface area (Å²) in [5.74, 6) is 0.911. The number of ether oxygens (including phenoxy) is 2. The van der Waals surface area contributed by atoms with Gasteiger partial charge in [-0.25, -0.2) is 10.4 Å². The number of nitrogens with zero attached hydrogens (tertiary/aromatic N) is 2. The van der Waals surface area contributed by atoms with Crippen LogP contribution in [0.25, 0.3) is 11.0 Å². The molecule has 0 spiro atoms. The van der Waals surface area contributed by atoms with Gasteiger partial charge in [-0.2, -0.15) is 5.10 Å². The fraction of sp³-hybridized carbons (Fsp3) is 0.200. The summed E-state index contributed by atoms with van der Waals surface area (Å²) in [6.07, 6.45) is 1.79. The SMILES string of the molecule is COc1ccc(C=NNC(=O)CCc2nc3ccccc3[nH]c2=O)c(OC)c1. The van der Waals surface area contributed by atoms with Gasteiger partial charge in [-0.15, -0.1) is 0 Å². The third-order valence-corrected chi connectivity index (χ3v) is 4.09. The van der Waals surface area contributed by atoms with E-state index in [9.17, 15) is 9.59 Å². The van der Waals surface area contributed by atoms with Crippen molar-refractivity contribution in [3.05, 3.63) is 64.1 Å². The van der Waals surface area contributed by atoms with Crippen LogP contribution in [-0.4, -0.2) is 36.3 Å². The smallest absolute Gasteiger partial charge is 0.270 e. The summed E-state index contributed by atoms with van der Waals surface area (Å²) >= 11 is 0. The van der Waals surface area contributed by atoms with Crippen molar-refractivity contribution in [3.8, 4) is 11.5 Å². The van der Waals surface area contributed by atoms with Crippen LogP contribution >= 0.6 is 0 Å². The molecule has 0 aliphatic rings. The number of fused-ring (bicyclic) bond motifs is 1. The minimum atomic E-state index is -0.321. The Morgan fingerprint density at radius 3 is 2.82 bits per heavy atom. The summed E-state index contributed by atoms with van der Waals surface area (Å²) in [5.41, 5.74) is 4.50. The Hall–Kier alpha value is -3.68. The number of aryl methyl sites for hydroxylation is 1. The van der Waals surface area contributed by atoms with E-state index < -0.39 is 0 Å². The molecule has 28 heavy (non-hydrogen) atoms. The van der Waals surface area contributed by atoms with Crippen LogP contribution in [0.15, 0.2) is 52.4 Å². The lowest BCUT2D eigenvalue weighted by Crippen LogP contribution is -2.21. The Balaban J connectivity index is 1.60. The van der Waals surface area contributed by atoms with E-state index in [1.807, 2.05) is 12.1 Å². The predicted octanol–water partition coefficient (Wildman–Crippen LogP) is 2.02. The highest BCUT2D eigenvalue weighted by Crippen LogP contribution is 2.22. The van der Waals surface area contributed by atoms with Gasteiger partial charge in [-0.1, -0.05) is 12.1 Å². The zero-order chi connectivity index (χ0) is 19.9. The van der Waals surface area contributed by atoms with Crippen molar-refractivity contribution < 1.29 is 14.3 Å². The van der Waals surface area contributed by atoms with E-state index in [1.54, 1.807) is 44.6 Å². The van der Waals surface area contributed by atoms with Crippen LogP contribution in [0.1, 0.15) is 17.7 Å². The van der Waals surface area contributed by atoms with E-state index in [1.165, 1.54) is 6.21 Å². The number of hydrazone groups is 1. The first-order valence-electron chi connectivity index (χ1n) is 8.62. The molecule has 2 aromatic carbocycles. The van der Waals surface area contributed by atoms with Crippen LogP contribution in [0.4, 0.5) is 0 Å². The number of amides is 1. The fourth-order valence-corrected chi connectivity index (χ4v) is 2.62. The number of hydrogen-bond donors (Lipinski definition) is 2. The number of rotatable bonds is 7. The highest BCUT2D eigenvalue weighted by molar-refractivity contribution is 5.85. The predicted molar refractivity (Wildman–Crippen MR) is 106 cm³/mol. The van der Waals surface area contributed by atoms with Gasteiger partial charge in [0.05, 0.1) is 31.5 Å². The molecule has 0 unspecified atom stereocenters. The molecular weight excluding hydrogens is 360 g/mol. The maximum absolute atomic E-state index is 12.1. The van der Waals surface area contributed by atoms with Gasteiger partial charge in [0.15, 0.2) is 0 Å². The number of benzene rings is 2. The third-order valence-electron chi connectivity index (χ3n) is 4.09. The molecule has 8 nitrogen and oxygen atoms in total. The number of aromatic nitrogens is 2. The Morgan fingerprint density at radius 2 is 2.04 bits per heavy atom. The van der Waals surface area contributed by atoms with E-state index in [-0.39, 0.29) is 24.3 Å². The number of nitrogens with one attached hydrogen (secondary N) is 2. The molecule has 0 aliphatic carbocycles. The molecule has 0 bridgehead atoms. The molecule has 1 heterocycles. The van der Waals surface area contributed by atoms with Crippen LogP contribution in [-0.2, 0) is 11.2 Å². The average molecular weight is 380 g/mol. The lowest BCUT2D eigenvalue weighted by Gasteiger charge is -2.07. The van der Waals surface area contributed by atoms with Gasteiger partial charge >= 0.3 is 0 Å². The Kier molecular flexibility index (Phi) is 6.01. The molecule has 0 aliphatic heterocycles. The highest BCUT2D eigenvalue weighted by Gasteiger charge is 2.08. The fourth-order valence-electron chi connectivity index (χ4n) is 2.62. The molecule has 0 fully saturated rings. The third kappa shape index (κ3) is 4.53. The molecule has 144 valence electrons. The van der Waals surface area contributed by atoms with Crippen LogP contribution < -0.4 is 20.5 Å². The average Bonchev–Trinajstić information content (AvgIpc) is 2.72. The molecule has 0 saturated heterocycles. The van der Waals surface area contributed by atoms with E-state index in [4.69, 9.17) is 9.47 Å². The van der Waals surface area contributed by atoms with Crippen LogP contribution in [0.5, 0.6) is 11.5 Å². The second kappa shape index (κ2) is 8.81. The van der Waals surface area contributed by atoms with Crippen LogP contribution in [0, 0.1) is 0 Å². The molecule has 1 aromatic heterocycles. The van der Waals surface area contributed by atoms with Crippen molar-refractivity contribution in [2.24, 2.45) is 5.10 Å². The molecule has 0 saturated carbocycles. The highest BCUT2D eigenvalue weighted by atomic mass is 16.5. The molecule has 1 amide bonds. The first-order valence-corrected chi connectivity index (χ1v) is 8.62. The standard InChI is InChI=1S/C20H20N4O4/c1-27-14-8-7-13(18(11-14)28-2)12-21-24-19(25)10-9-17-20(26)23-16-6-4-3-5-15(16)22-17/h3-8,11-12H,9-10H2,1-2H3,(H,23,26)(H,24,25). The van der Waals surface area contributed by atoms with E-state index >= 15 is 0 Å². The van der Waals surface area contributed by atoms with Gasteiger partial charge < -0.3 is 14.5 Å². The Bertz CT molecular complexity index is 1080. The van der Waals surface area contributed by atoms with E-state index in [0.29, 0.717) is 33.8 Å². The van der Waals surface area contributed by atoms with Crippen molar-refractivity contribution in [1.82, 2.24) is 15.4 Å². The first kappa shape index (κ1) is 19.1. The maximum Gasteiger partial charge on any atom is 0.270 e. The van der Waals surface area contributed by atoms with Crippen LogP contribution in [0.2, 0.25) is 0 Å². The molecule has 8 heteroatoms. The van der Waals surface area contributed by atoms with Gasteiger partial charge in [0, 0.05) is 24.5 Å². The van der Waals surface area contributed by atoms with Gasteiger partial charge in [0.25, 0.3) is 5.56 Å². The molecule has 3 aromatic rings. The van der Waals surface area contributed by atoms with E-state index in [0.717, 1.165) is 0 Å². The molecular formula is C20H20N4O4. The minimum absolute atomic E-state index is 0.0888. The minimum Gasteiger partial charge on any atom is -0.497 e. The number of H-pyrrole nitrogens is 1. The van der Waals surface area contributed by atoms with Gasteiger partial charge in [0.1, 0.15) is 17.2 Å². The van der Waals surface area contributed by atoms with Crippen LogP contribution in [0.3, 0.4) is 0 Å². The van der Waals surface area contributed by atoms with Crippen molar-refractivity contribution in [1.29, 1.82) is 0 Å². The van der Waals surface area contributed by atoms with Crippen molar-refractivity contribution in [2.45, 2.75) is 12.8 Å². The monoisotopic (exact) mass is 380 g/mol. The first-order chi connectivity index (χ1) is 13.6. The number of methoxy groups -OCH3 is 2. The zero-order valence-corrected chi connectivity index (χ0v) is 15.6. The van der Waals surface area contributed by atoms with Crippen molar-refractivity contribution in [2.75, 3.05) is 14.2 Å². The maximum atomic E-state index is 12.1. The number of carbonyl (C=O) groups excluding carboxylic acids is 1. The Morgan fingerprint density at radius 1 is 1.21 bits per heavy atom. The summed E-state index contributed by atoms with van der Waals surface area (Å²) in [4.78, 5) is 31.2. The number of aromatic amines is 1. The lowest BCUT2D eigenvalue weighted by molar-refractivity contribution is -0.121. The molecule has 0 radical (unpaired) electrons. The summed E-state index contributed by atoms with van der Waals surface area (Å²) in [7, 11) is 3.11. The largest absolute Gasteiger partial charge is 0.497 e. The second-order valence-corrected chi connectivity index (χ2v) is 5.93. The number of carbonyl (C=O) groups is 1. The summed E-state index contributed by atoms with van der Waals surface area (Å²) < 4.78 is 10.4. The number of hydrogen-bond acceptors (Lipinski definition) is 6. The molecule has 2 N–H and O–H groups in total. The molecule has 3 rings (SSSR count).